The van der Waals surface area contributed by atoms with Gasteiger partial charge in [-0.2, -0.15) is 0 Å². The van der Waals surface area contributed by atoms with Crippen molar-refractivity contribution in [3.63, 3.8) is 0 Å². The van der Waals surface area contributed by atoms with E-state index in [9.17, 15) is 10.2 Å². The summed E-state index contributed by atoms with van der Waals surface area (Å²) in [6.45, 7) is 9.57. The molecule has 1 aromatic rings. The Morgan fingerprint density at radius 2 is 2.07 bits per heavy atom. The fourth-order valence-corrected chi connectivity index (χ4v) is 4.85. The van der Waals surface area contributed by atoms with Crippen LogP contribution in [0.3, 0.4) is 0 Å². The summed E-state index contributed by atoms with van der Waals surface area (Å²) < 4.78 is 18.4. The van der Waals surface area contributed by atoms with Crippen LogP contribution in [0.1, 0.15) is 51.3 Å². The van der Waals surface area contributed by atoms with Crippen LogP contribution in [0.4, 0.5) is 0 Å². The Labute approximate surface area is 175 Å². The lowest BCUT2D eigenvalue weighted by Crippen LogP contribution is -2.53. The normalized spacial score (nSPS) is 26.4. The van der Waals surface area contributed by atoms with Crippen molar-refractivity contribution in [3.8, 4) is 11.5 Å². The maximum atomic E-state index is 10.7. The van der Waals surface area contributed by atoms with E-state index >= 15 is 0 Å². The van der Waals surface area contributed by atoms with Crippen LogP contribution in [0.5, 0.6) is 11.5 Å². The third-order valence-corrected chi connectivity index (χ3v) is 6.11. The van der Waals surface area contributed by atoms with E-state index in [-0.39, 0.29) is 24.4 Å². The number of aliphatic hydroxyl groups excluding tert-OH is 2. The van der Waals surface area contributed by atoms with E-state index in [0.29, 0.717) is 24.5 Å². The zero-order valence-electron chi connectivity index (χ0n) is 17.4. The molecule has 0 radical (unpaired) electrons. The van der Waals surface area contributed by atoms with Crippen LogP contribution in [0.2, 0.25) is 0 Å². The number of methoxy groups -OCH3 is 1. The van der Waals surface area contributed by atoms with Gasteiger partial charge in [-0.05, 0) is 73.7 Å². The largest absolute Gasteiger partial charge is 0.493 e. The summed E-state index contributed by atoms with van der Waals surface area (Å²) in [7, 11) is 1.62. The lowest BCUT2D eigenvalue weighted by atomic mass is 9.84. The number of aliphatic hydroxyl groups is 2. The average Bonchev–Trinajstić information content (AvgIpc) is 2.60. The van der Waals surface area contributed by atoms with Crippen molar-refractivity contribution in [3.05, 3.63) is 21.7 Å². The fourth-order valence-electron chi connectivity index (χ4n) is 4.11. The van der Waals surface area contributed by atoms with Crippen molar-refractivity contribution < 1.29 is 24.4 Å². The summed E-state index contributed by atoms with van der Waals surface area (Å²) in [4.78, 5) is 2.40. The van der Waals surface area contributed by atoms with Crippen molar-refractivity contribution in [1.29, 1.82) is 0 Å². The van der Waals surface area contributed by atoms with Crippen LogP contribution in [-0.4, -0.2) is 65.8 Å². The van der Waals surface area contributed by atoms with E-state index in [2.05, 4.69) is 20.8 Å². The first-order valence-corrected chi connectivity index (χ1v) is 10.7. The van der Waals surface area contributed by atoms with Crippen LogP contribution in [-0.2, 0) is 11.2 Å². The molecule has 6 nitrogen and oxygen atoms in total. The first-order valence-electron chi connectivity index (χ1n) is 9.90. The van der Waals surface area contributed by atoms with Crippen LogP contribution >= 0.6 is 15.9 Å². The number of halogens is 1. The molecule has 1 fully saturated rings. The minimum absolute atomic E-state index is 0.120. The van der Waals surface area contributed by atoms with Gasteiger partial charge in [-0.25, -0.2) is 0 Å². The Morgan fingerprint density at radius 1 is 1.36 bits per heavy atom. The summed E-state index contributed by atoms with van der Waals surface area (Å²) in [5.41, 5.74) is 2.06. The van der Waals surface area contributed by atoms with Crippen LogP contribution in [0.25, 0.3) is 0 Å². The number of hydrogen-bond acceptors (Lipinski definition) is 6. The van der Waals surface area contributed by atoms with E-state index in [1.807, 2.05) is 26.8 Å². The predicted octanol–water partition coefficient (Wildman–Crippen LogP) is 3.06. The summed E-state index contributed by atoms with van der Waals surface area (Å²) in [5.74, 6) is 1.26. The molecule has 0 aliphatic carbocycles. The van der Waals surface area contributed by atoms with E-state index in [1.54, 1.807) is 14.0 Å². The molecule has 28 heavy (non-hydrogen) atoms. The molecular formula is C21H32BrNO5. The molecule has 0 saturated carbocycles. The van der Waals surface area contributed by atoms with E-state index in [4.69, 9.17) is 14.2 Å². The third kappa shape index (κ3) is 4.65. The van der Waals surface area contributed by atoms with E-state index < -0.39 is 12.2 Å². The number of fused-ring (bicyclic) bond motifs is 3. The first-order chi connectivity index (χ1) is 13.1. The molecule has 1 aromatic carbocycles. The van der Waals surface area contributed by atoms with Gasteiger partial charge in [0.1, 0.15) is 6.61 Å². The molecule has 2 N–H and O–H groups in total. The molecule has 0 unspecified atom stereocenters. The van der Waals surface area contributed by atoms with Gasteiger partial charge in [-0.3, -0.25) is 4.90 Å². The second-order valence-electron chi connectivity index (χ2n) is 8.78. The number of piperidine rings is 1. The van der Waals surface area contributed by atoms with Crippen LogP contribution in [0, 0.1) is 0 Å². The summed E-state index contributed by atoms with van der Waals surface area (Å²) in [6.07, 6.45) is 0.243. The zero-order chi connectivity index (χ0) is 20.6. The maximum Gasteiger partial charge on any atom is 0.175 e. The zero-order valence-corrected chi connectivity index (χ0v) is 19.0. The molecule has 0 spiro atoms. The molecule has 158 valence electrons. The number of benzene rings is 1. The molecule has 0 bridgehead atoms. The Kier molecular flexibility index (Phi) is 6.61. The van der Waals surface area contributed by atoms with Gasteiger partial charge in [0.25, 0.3) is 0 Å². The van der Waals surface area contributed by atoms with Gasteiger partial charge in [0.2, 0.25) is 0 Å². The lowest BCUT2D eigenvalue weighted by molar-refractivity contribution is -0.149. The number of hydrogen-bond donors (Lipinski definition) is 2. The molecule has 2 heterocycles. The Morgan fingerprint density at radius 3 is 2.68 bits per heavy atom. The van der Waals surface area contributed by atoms with E-state index in [1.165, 1.54) is 5.56 Å². The van der Waals surface area contributed by atoms with Gasteiger partial charge in [0.05, 0.1) is 35.5 Å². The van der Waals surface area contributed by atoms with Gasteiger partial charge in [0.15, 0.2) is 11.5 Å². The van der Waals surface area contributed by atoms with Crippen LogP contribution < -0.4 is 9.47 Å². The van der Waals surface area contributed by atoms with Gasteiger partial charge in [0, 0.05) is 19.1 Å². The predicted molar refractivity (Wildman–Crippen MR) is 111 cm³/mol. The highest BCUT2D eigenvalue weighted by atomic mass is 79.9. The van der Waals surface area contributed by atoms with Crippen LogP contribution in [0.15, 0.2) is 10.5 Å². The van der Waals surface area contributed by atoms with Gasteiger partial charge in [-0.15, -0.1) is 0 Å². The first kappa shape index (κ1) is 21.8. The number of nitrogens with zero attached hydrogens (tertiary/aromatic N) is 1. The highest BCUT2D eigenvalue weighted by Crippen LogP contribution is 2.47. The van der Waals surface area contributed by atoms with Crippen molar-refractivity contribution in [2.75, 3.05) is 26.8 Å². The number of ether oxygens (including phenoxy) is 3. The monoisotopic (exact) mass is 457 g/mol. The van der Waals surface area contributed by atoms with Gasteiger partial charge >= 0.3 is 0 Å². The standard InChI is InChI=1S/C21H32BrNO5/c1-12(24)11-27-20-17(26-5)8-14-13(19(20)22)6-7-23-10-18(28-21(2,3)4)16(25)9-15(14)23/h8,12,15-16,18,24-25H,6-7,9-11H2,1-5H3/t12-,15-,16-,18-/m1/s1. The molecule has 2 aliphatic rings. The minimum atomic E-state index is -0.559. The fraction of sp³-hybridized carbons (Fsp3) is 0.714. The smallest absolute Gasteiger partial charge is 0.175 e. The highest BCUT2D eigenvalue weighted by Gasteiger charge is 2.41. The quantitative estimate of drug-likeness (QED) is 0.707. The van der Waals surface area contributed by atoms with Crippen molar-refractivity contribution >= 4 is 15.9 Å². The van der Waals surface area contributed by atoms with Crippen molar-refractivity contribution in [1.82, 2.24) is 4.90 Å². The molecule has 3 rings (SSSR count). The third-order valence-electron chi connectivity index (χ3n) is 5.27. The SMILES string of the molecule is COc1cc2c(c(Br)c1OC[C@@H](C)O)CCN1C[C@@H](OC(C)(C)C)[C@H](O)C[C@H]21. The highest BCUT2D eigenvalue weighted by molar-refractivity contribution is 9.10. The molecule has 0 amide bonds. The van der Waals surface area contributed by atoms with Gasteiger partial charge in [-0.1, -0.05) is 0 Å². The van der Waals surface area contributed by atoms with Crippen molar-refractivity contribution in [2.24, 2.45) is 0 Å². The molecule has 7 heteroatoms. The minimum Gasteiger partial charge on any atom is -0.493 e. The summed E-state index contributed by atoms with van der Waals surface area (Å²) >= 11 is 3.70. The molecule has 1 saturated heterocycles. The summed E-state index contributed by atoms with van der Waals surface area (Å²) in [5, 5.41) is 20.3. The Hall–Kier alpha value is -0.860. The molecule has 0 aromatic heterocycles. The molecule has 2 aliphatic heterocycles. The van der Waals surface area contributed by atoms with E-state index in [0.717, 1.165) is 23.0 Å². The Balaban J connectivity index is 1.89. The second-order valence-corrected chi connectivity index (χ2v) is 9.58. The topological polar surface area (TPSA) is 71.4 Å². The second kappa shape index (κ2) is 8.48. The average molecular weight is 458 g/mol. The maximum absolute atomic E-state index is 10.7. The summed E-state index contributed by atoms with van der Waals surface area (Å²) in [6, 6.07) is 2.14. The van der Waals surface area contributed by atoms with Crippen molar-refractivity contribution in [2.45, 2.75) is 70.5 Å². The lowest BCUT2D eigenvalue weighted by Gasteiger charge is -2.47. The van der Waals surface area contributed by atoms with Gasteiger partial charge < -0.3 is 24.4 Å². The number of rotatable bonds is 5. The Bertz CT molecular complexity index is 703. The molecular weight excluding hydrogens is 426 g/mol. The molecule has 4 atom stereocenters.